The number of ether oxygens (including phenoxy) is 3. The minimum absolute atomic E-state index is 0.0819. The Morgan fingerprint density at radius 3 is 2.20 bits per heavy atom. The molecule has 9 nitrogen and oxygen atoms in total. The maximum atomic E-state index is 13.0. The SMILES string of the molecule is COc1cc(/C=C(\NC(=O)c2ccccc2)c2nc3ccccc3c(=O)n2O)cc(OC)c1OC. The van der Waals surface area contributed by atoms with Crippen molar-refractivity contribution in [1.29, 1.82) is 0 Å². The van der Waals surface area contributed by atoms with Gasteiger partial charge in [-0.1, -0.05) is 30.3 Å². The zero-order chi connectivity index (χ0) is 24.9. The molecule has 1 aromatic heterocycles. The molecule has 4 rings (SSSR count). The Bertz CT molecular complexity index is 1450. The summed E-state index contributed by atoms with van der Waals surface area (Å²) in [6.07, 6.45) is 1.55. The minimum atomic E-state index is -0.671. The smallest absolute Gasteiger partial charge is 0.294 e. The molecule has 0 saturated carbocycles. The van der Waals surface area contributed by atoms with Gasteiger partial charge in [-0.25, -0.2) is 4.98 Å². The molecule has 2 N–H and O–H groups in total. The first-order valence-electron chi connectivity index (χ1n) is 10.6. The van der Waals surface area contributed by atoms with Gasteiger partial charge < -0.3 is 24.7 Å². The Kier molecular flexibility index (Phi) is 6.68. The van der Waals surface area contributed by atoms with Gasteiger partial charge in [0.15, 0.2) is 17.3 Å². The van der Waals surface area contributed by atoms with E-state index in [1.807, 2.05) is 0 Å². The molecule has 3 aromatic carbocycles. The fourth-order valence-corrected chi connectivity index (χ4v) is 3.59. The van der Waals surface area contributed by atoms with Crippen LogP contribution in [0.25, 0.3) is 22.7 Å². The highest BCUT2D eigenvalue weighted by Gasteiger charge is 2.19. The summed E-state index contributed by atoms with van der Waals surface area (Å²) in [7, 11) is 4.46. The molecule has 1 amide bonds. The maximum Gasteiger partial charge on any atom is 0.294 e. The predicted octanol–water partition coefficient (Wildman–Crippen LogP) is 3.59. The number of nitrogens with zero attached hydrogens (tertiary/aromatic N) is 2. The lowest BCUT2D eigenvalue weighted by Crippen LogP contribution is -2.29. The zero-order valence-corrected chi connectivity index (χ0v) is 19.3. The van der Waals surface area contributed by atoms with Gasteiger partial charge in [0.2, 0.25) is 5.75 Å². The zero-order valence-electron chi connectivity index (χ0n) is 19.3. The highest BCUT2D eigenvalue weighted by molar-refractivity contribution is 6.01. The Labute approximate surface area is 200 Å². The van der Waals surface area contributed by atoms with Crippen molar-refractivity contribution in [2.45, 2.75) is 0 Å². The van der Waals surface area contributed by atoms with Gasteiger partial charge in [-0.3, -0.25) is 9.59 Å². The standard InChI is InChI=1S/C26H23N3O6/c1-33-21-14-16(15-22(34-2)23(21)35-3)13-20(28-25(30)17-9-5-4-6-10-17)24-27-19-12-8-7-11-18(19)26(31)29(24)32/h4-15,32H,1-3H3,(H,28,30)/b20-13-. The van der Waals surface area contributed by atoms with E-state index in [9.17, 15) is 14.8 Å². The van der Waals surface area contributed by atoms with Crippen LogP contribution in [0.15, 0.2) is 71.5 Å². The Morgan fingerprint density at radius 2 is 1.57 bits per heavy atom. The van der Waals surface area contributed by atoms with Gasteiger partial charge in [0.25, 0.3) is 11.5 Å². The molecule has 0 aliphatic carbocycles. The molecule has 178 valence electrons. The number of para-hydroxylation sites is 1. The fourth-order valence-electron chi connectivity index (χ4n) is 3.59. The van der Waals surface area contributed by atoms with Crippen molar-refractivity contribution < 1.29 is 24.2 Å². The number of hydrogen-bond donors (Lipinski definition) is 2. The topological polar surface area (TPSA) is 112 Å². The molecular weight excluding hydrogens is 450 g/mol. The molecule has 0 aliphatic rings. The van der Waals surface area contributed by atoms with Gasteiger partial charge in [-0.15, -0.1) is 4.73 Å². The minimum Gasteiger partial charge on any atom is -0.493 e. The van der Waals surface area contributed by atoms with Crippen molar-refractivity contribution in [3.8, 4) is 17.2 Å². The van der Waals surface area contributed by atoms with Crippen LogP contribution in [0.1, 0.15) is 21.7 Å². The molecular formula is C26H23N3O6. The molecule has 4 aromatic rings. The van der Waals surface area contributed by atoms with E-state index in [4.69, 9.17) is 14.2 Å². The normalized spacial score (nSPS) is 11.2. The van der Waals surface area contributed by atoms with Crippen molar-refractivity contribution in [1.82, 2.24) is 15.0 Å². The van der Waals surface area contributed by atoms with Crippen LogP contribution in [0, 0.1) is 0 Å². The molecule has 0 saturated heterocycles. The third-order valence-electron chi connectivity index (χ3n) is 5.28. The highest BCUT2D eigenvalue weighted by Crippen LogP contribution is 2.39. The molecule has 0 spiro atoms. The number of carbonyl (C=O) groups is 1. The third kappa shape index (κ3) is 4.65. The van der Waals surface area contributed by atoms with E-state index in [0.717, 1.165) is 0 Å². The van der Waals surface area contributed by atoms with Gasteiger partial charge >= 0.3 is 0 Å². The third-order valence-corrected chi connectivity index (χ3v) is 5.28. The second-order valence-corrected chi connectivity index (χ2v) is 7.41. The summed E-state index contributed by atoms with van der Waals surface area (Å²) in [6, 6.07) is 18.5. The Hall–Kier alpha value is -4.79. The first-order chi connectivity index (χ1) is 17.0. The van der Waals surface area contributed by atoms with Crippen molar-refractivity contribution in [3.05, 3.63) is 94.0 Å². The van der Waals surface area contributed by atoms with E-state index < -0.39 is 11.5 Å². The fraction of sp³-hybridized carbons (Fsp3) is 0.115. The van der Waals surface area contributed by atoms with E-state index in [1.165, 1.54) is 21.3 Å². The molecule has 9 heteroatoms. The maximum absolute atomic E-state index is 13.0. The molecule has 0 bridgehead atoms. The first-order valence-corrected chi connectivity index (χ1v) is 10.6. The number of nitrogens with one attached hydrogen (secondary N) is 1. The number of aromatic nitrogens is 2. The lowest BCUT2D eigenvalue weighted by molar-refractivity contribution is 0.0972. The lowest BCUT2D eigenvalue weighted by atomic mass is 10.1. The molecule has 0 radical (unpaired) electrons. The second kappa shape index (κ2) is 10.0. The van der Waals surface area contributed by atoms with Crippen LogP contribution in [0.2, 0.25) is 0 Å². The number of carbonyl (C=O) groups excluding carboxylic acids is 1. The van der Waals surface area contributed by atoms with Gasteiger partial charge in [-0.05, 0) is 48.0 Å². The summed E-state index contributed by atoms with van der Waals surface area (Å²) < 4.78 is 16.6. The summed E-state index contributed by atoms with van der Waals surface area (Å²) >= 11 is 0. The number of amides is 1. The molecule has 0 aliphatic heterocycles. The van der Waals surface area contributed by atoms with Crippen LogP contribution >= 0.6 is 0 Å². The average molecular weight is 473 g/mol. The first kappa shape index (κ1) is 23.4. The van der Waals surface area contributed by atoms with Gasteiger partial charge in [-0.2, -0.15) is 0 Å². The number of methoxy groups -OCH3 is 3. The van der Waals surface area contributed by atoms with Crippen LogP contribution in [0.3, 0.4) is 0 Å². The van der Waals surface area contributed by atoms with E-state index in [-0.39, 0.29) is 16.9 Å². The summed E-state index contributed by atoms with van der Waals surface area (Å²) in [5, 5.41) is 13.7. The van der Waals surface area contributed by atoms with Crippen molar-refractivity contribution in [2.24, 2.45) is 0 Å². The summed E-state index contributed by atoms with van der Waals surface area (Å²) in [5.41, 5.74) is 0.692. The van der Waals surface area contributed by atoms with E-state index in [2.05, 4.69) is 10.3 Å². The number of fused-ring (bicyclic) bond motifs is 1. The number of rotatable bonds is 7. The van der Waals surface area contributed by atoms with Crippen LogP contribution in [-0.4, -0.2) is 42.2 Å². The van der Waals surface area contributed by atoms with Crippen LogP contribution in [-0.2, 0) is 0 Å². The lowest BCUT2D eigenvalue weighted by Gasteiger charge is -2.15. The van der Waals surface area contributed by atoms with Crippen molar-refractivity contribution in [3.63, 3.8) is 0 Å². The van der Waals surface area contributed by atoms with Crippen LogP contribution < -0.4 is 25.1 Å². The van der Waals surface area contributed by atoms with E-state index in [1.54, 1.807) is 72.8 Å². The Morgan fingerprint density at radius 1 is 0.943 bits per heavy atom. The molecule has 0 unspecified atom stereocenters. The van der Waals surface area contributed by atoms with Crippen molar-refractivity contribution >= 4 is 28.6 Å². The molecule has 0 fully saturated rings. The number of benzene rings is 3. The van der Waals surface area contributed by atoms with Gasteiger partial charge in [0.05, 0.1) is 37.9 Å². The highest BCUT2D eigenvalue weighted by atomic mass is 16.5. The molecule has 1 heterocycles. The van der Waals surface area contributed by atoms with E-state index >= 15 is 0 Å². The van der Waals surface area contributed by atoms with E-state index in [0.29, 0.717) is 38.6 Å². The average Bonchev–Trinajstić information content (AvgIpc) is 2.90. The summed E-state index contributed by atoms with van der Waals surface area (Å²) in [4.78, 5) is 30.3. The monoisotopic (exact) mass is 473 g/mol. The second-order valence-electron chi connectivity index (χ2n) is 7.41. The van der Waals surface area contributed by atoms with Crippen LogP contribution in [0.4, 0.5) is 0 Å². The predicted molar refractivity (Wildman–Crippen MR) is 131 cm³/mol. The van der Waals surface area contributed by atoms with Gasteiger partial charge in [0, 0.05) is 5.56 Å². The summed E-state index contributed by atoms with van der Waals surface area (Å²) in [6.45, 7) is 0. The summed E-state index contributed by atoms with van der Waals surface area (Å²) in [5.74, 6) is 0.572. The molecule has 35 heavy (non-hydrogen) atoms. The van der Waals surface area contributed by atoms with Gasteiger partial charge in [0.1, 0.15) is 0 Å². The van der Waals surface area contributed by atoms with Crippen LogP contribution in [0.5, 0.6) is 17.2 Å². The van der Waals surface area contributed by atoms with Crippen molar-refractivity contribution in [2.75, 3.05) is 21.3 Å². The largest absolute Gasteiger partial charge is 0.493 e. The molecule has 0 atom stereocenters. The number of hydrogen-bond acceptors (Lipinski definition) is 7. The Balaban J connectivity index is 1.92. The quantitative estimate of drug-likeness (QED) is 0.395.